The zero-order valence-electron chi connectivity index (χ0n) is 11.0. The van der Waals surface area contributed by atoms with E-state index in [2.05, 4.69) is 34.2 Å². The van der Waals surface area contributed by atoms with Crippen LogP contribution in [0.15, 0.2) is 12.4 Å². The summed E-state index contributed by atoms with van der Waals surface area (Å²) in [6.45, 7) is 2.34. The van der Waals surface area contributed by atoms with E-state index >= 15 is 0 Å². The van der Waals surface area contributed by atoms with E-state index in [9.17, 15) is 0 Å². The molecule has 2 rings (SSSR count). The predicted molar refractivity (Wildman–Crippen MR) is 71.4 cm³/mol. The molecular weight excluding hydrogens is 212 g/mol. The minimum Gasteiger partial charge on any atom is -0.372 e. The fraction of sp³-hybridized carbons (Fsp3) is 0.692. The normalized spacial score (nSPS) is 24.4. The van der Waals surface area contributed by atoms with Gasteiger partial charge in [-0.05, 0) is 31.6 Å². The molecule has 17 heavy (non-hydrogen) atoms. The lowest BCUT2D eigenvalue weighted by atomic mass is 9.87. The number of anilines is 2. The van der Waals surface area contributed by atoms with Gasteiger partial charge in [0.1, 0.15) is 11.6 Å². The molecule has 0 aliphatic heterocycles. The Hall–Kier alpha value is -1.32. The van der Waals surface area contributed by atoms with Gasteiger partial charge in [-0.25, -0.2) is 4.98 Å². The minimum absolute atomic E-state index is 0.618. The highest BCUT2D eigenvalue weighted by Crippen LogP contribution is 2.28. The van der Waals surface area contributed by atoms with Crippen molar-refractivity contribution in [2.45, 2.75) is 38.6 Å². The first-order valence-electron chi connectivity index (χ1n) is 6.43. The van der Waals surface area contributed by atoms with E-state index in [1.54, 1.807) is 6.20 Å². The van der Waals surface area contributed by atoms with Crippen LogP contribution in [0.4, 0.5) is 11.6 Å². The molecule has 0 atom stereocenters. The van der Waals surface area contributed by atoms with Crippen LogP contribution in [0.1, 0.15) is 32.6 Å². The van der Waals surface area contributed by atoms with E-state index < -0.39 is 0 Å². The number of aromatic nitrogens is 2. The summed E-state index contributed by atoms with van der Waals surface area (Å²) in [5.74, 6) is 2.68. The standard InChI is InChI=1S/C13H22N4/c1-10-4-6-11(7-5-10)17(3)13-9-15-8-12(14-2)16-13/h8-11H,4-7H2,1-3H3,(H,14,16). The molecular formula is C13H22N4. The summed E-state index contributed by atoms with van der Waals surface area (Å²) in [5.41, 5.74) is 0. The zero-order chi connectivity index (χ0) is 12.3. The molecule has 1 aliphatic rings. The molecule has 0 radical (unpaired) electrons. The highest BCUT2D eigenvalue weighted by molar-refractivity contribution is 5.43. The molecule has 4 heteroatoms. The van der Waals surface area contributed by atoms with Crippen LogP contribution in [0.2, 0.25) is 0 Å². The Balaban J connectivity index is 2.05. The molecule has 0 aromatic carbocycles. The van der Waals surface area contributed by atoms with E-state index in [-0.39, 0.29) is 0 Å². The number of hydrogen-bond donors (Lipinski definition) is 1. The van der Waals surface area contributed by atoms with Gasteiger partial charge in [-0.1, -0.05) is 6.92 Å². The Bertz CT molecular complexity index is 358. The molecule has 1 saturated carbocycles. The molecule has 1 aliphatic carbocycles. The fourth-order valence-electron chi connectivity index (χ4n) is 2.46. The van der Waals surface area contributed by atoms with Gasteiger partial charge in [0.25, 0.3) is 0 Å². The fourth-order valence-corrected chi connectivity index (χ4v) is 2.46. The van der Waals surface area contributed by atoms with E-state index in [4.69, 9.17) is 0 Å². The second kappa shape index (κ2) is 5.34. The van der Waals surface area contributed by atoms with Crippen LogP contribution in [-0.4, -0.2) is 30.1 Å². The average Bonchev–Trinajstić information content (AvgIpc) is 2.39. The first-order valence-corrected chi connectivity index (χ1v) is 6.43. The van der Waals surface area contributed by atoms with Gasteiger partial charge in [-0.2, -0.15) is 0 Å². The van der Waals surface area contributed by atoms with Crippen molar-refractivity contribution in [2.75, 3.05) is 24.3 Å². The van der Waals surface area contributed by atoms with Crippen LogP contribution in [-0.2, 0) is 0 Å². The molecule has 0 unspecified atom stereocenters. The van der Waals surface area contributed by atoms with Crippen LogP contribution in [0.3, 0.4) is 0 Å². The monoisotopic (exact) mass is 234 g/mol. The molecule has 0 spiro atoms. The minimum atomic E-state index is 0.618. The Labute approximate surface area is 103 Å². The number of nitrogens with zero attached hydrogens (tertiary/aromatic N) is 3. The van der Waals surface area contributed by atoms with Crippen molar-refractivity contribution in [1.29, 1.82) is 0 Å². The zero-order valence-corrected chi connectivity index (χ0v) is 11.0. The van der Waals surface area contributed by atoms with Crippen molar-refractivity contribution >= 4 is 11.6 Å². The average molecular weight is 234 g/mol. The van der Waals surface area contributed by atoms with Crippen molar-refractivity contribution < 1.29 is 0 Å². The van der Waals surface area contributed by atoms with Gasteiger partial charge in [0.05, 0.1) is 12.4 Å². The van der Waals surface area contributed by atoms with Crippen LogP contribution < -0.4 is 10.2 Å². The van der Waals surface area contributed by atoms with Crippen LogP contribution >= 0.6 is 0 Å². The molecule has 1 aromatic rings. The third-order valence-corrected chi connectivity index (χ3v) is 3.77. The summed E-state index contributed by atoms with van der Waals surface area (Å²) >= 11 is 0. The Morgan fingerprint density at radius 3 is 2.59 bits per heavy atom. The van der Waals surface area contributed by atoms with Gasteiger partial charge in [-0.15, -0.1) is 0 Å². The lowest BCUT2D eigenvalue weighted by Crippen LogP contribution is -2.35. The summed E-state index contributed by atoms with van der Waals surface area (Å²) in [6, 6.07) is 0.618. The Kier molecular flexibility index (Phi) is 3.82. The van der Waals surface area contributed by atoms with Crippen molar-refractivity contribution in [3.05, 3.63) is 12.4 Å². The first kappa shape index (κ1) is 12.1. The van der Waals surface area contributed by atoms with E-state index in [0.29, 0.717) is 6.04 Å². The van der Waals surface area contributed by atoms with E-state index in [1.807, 2.05) is 13.2 Å². The lowest BCUT2D eigenvalue weighted by Gasteiger charge is -2.34. The van der Waals surface area contributed by atoms with Crippen molar-refractivity contribution in [3.8, 4) is 0 Å². The van der Waals surface area contributed by atoms with Gasteiger partial charge >= 0.3 is 0 Å². The van der Waals surface area contributed by atoms with E-state index in [1.165, 1.54) is 25.7 Å². The molecule has 1 fully saturated rings. The van der Waals surface area contributed by atoms with Crippen LogP contribution in [0.5, 0.6) is 0 Å². The third kappa shape index (κ3) is 2.87. The lowest BCUT2D eigenvalue weighted by molar-refractivity contribution is 0.340. The van der Waals surface area contributed by atoms with Crippen molar-refractivity contribution in [2.24, 2.45) is 5.92 Å². The summed E-state index contributed by atoms with van der Waals surface area (Å²) in [7, 11) is 4.00. The summed E-state index contributed by atoms with van der Waals surface area (Å²) < 4.78 is 0. The molecule has 1 N–H and O–H groups in total. The maximum absolute atomic E-state index is 4.54. The second-order valence-corrected chi connectivity index (χ2v) is 5.04. The molecule has 0 saturated heterocycles. The topological polar surface area (TPSA) is 41.1 Å². The first-order chi connectivity index (χ1) is 8.20. The second-order valence-electron chi connectivity index (χ2n) is 5.04. The SMILES string of the molecule is CNc1cncc(N(C)C2CCC(C)CC2)n1. The molecule has 4 nitrogen and oxygen atoms in total. The molecule has 0 bridgehead atoms. The Morgan fingerprint density at radius 2 is 1.94 bits per heavy atom. The summed E-state index contributed by atoms with van der Waals surface area (Å²) in [6.07, 6.45) is 8.79. The van der Waals surface area contributed by atoms with Crippen molar-refractivity contribution in [1.82, 2.24) is 9.97 Å². The number of nitrogens with one attached hydrogen (secondary N) is 1. The van der Waals surface area contributed by atoms with E-state index in [0.717, 1.165) is 17.6 Å². The predicted octanol–water partition coefficient (Wildman–Crippen LogP) is 2.53. The number of hydrogen-bond acceptors (Lipinski definition) is 4. The largest absolute Gasteiger partial charge is 0.372 e. The van der Waals surface area contributed by atoms with Crippen LogP contribution in [0.25, 0.3) is 0 Å². The third-order valence-electron chi connectivity index (χ3n) is 3.77. The highest BCUT2D eigenvalue weighted by Gasteiger charge is 2.22. The van der Waals surface area contributed by atoms with Crippen LogP contribution in [0, 0.1) is 5.92 Å². The van der Waals surface area contributed by atoms with Gasteiger partial charge in [-0.3, -0.25) is 4.98 Å². The molecule has 0 amide bonds. The smallest absolute Gasteiger partial charge is 0.149 e. The summed E-state index contributed by atoms with van der Waals surface area (Å²) in [4.78, 5) is 11.0. The summed E-state index contributed by atoms with van der Waals surface area (Å²) in [5, 5.41) is 3.03. The van der Waals surface area contributed by atoms with Crippen molar-refractivity contribution in [3.63, 3.8) is 0 Å². The quantitative estimate of drug-likeness (QED) is 0.872. The maximum atomic E-state index is 4.54. The molecule has 1 heterocycles. The number of rotatable bonds is 3. The molecule has 94 valence electrons. The molecule has 1 aromatic heterocycles. The highest BCUT2D eigenvalue weighted by atomic mass is 15.2. The van der Waals surface area contributed by atoms with Gasteiger partial charge in [0.2, 0.25) is 0 Å². The van der Waals surface area contributed by atoms with Gasteiger partial charge < -0.3 is 10.2 Å². The van der Waals surface area contributed by atoms with Gasteiger partial charge in [0, 0.05) is 20.1 Å². The van der Waals surface area contributed by atoms with Gasteiger partial charge in [0.15, 0.2) is 0 Å². The Morgan fingerprint density at radius 1 is 1.24 bits per heavy atom. The maximum Gasteiger partial charge on any atom is 0.149 e.